The Balaban J connectivity index is 2.62. The van der Waals surface area contributed by atoms with Gasteiger partial charge in [-0.1, -0.05) is 19.9 Å². The first-order chi connectivity index (χ1) is 8.93. The molecule has 19 heavy (non-hydrogen) atoms. The highest BCUT2D eigenvalue weighted by molar-refractivity contribution is 5.35. The minimum atomic E-state index is -0.757. The van der Waals surface area contributed by atoms with E-state index in [1.165, 1.54) is 12.1 Å². The molecule has 0 amide bonds. The number of rotatable bonds is 7. The Hall–Kier alpha value is -1.49. The highest BCUT2D eigenvalue weighted by Gasteiger charge is 2.14. The topological polar surface area (TPSA) is 55.2 Å². The fraction of sp³-hybridized carbons (Fsp3) is 0.571. The predicted molar refractivity (Wildman–Crippen MR) is 73.7 cm³/mol. The SMILES string of the molecule is CNC(CCc1ccc([N+](=O)[O-])c(F)c1)CC(C)C. The average molecular weight is 268 g/mol. The summed E-state index contributed by atoms with van der Waals surface area (Å²) >= 11 is 0. The number of halogens is 1. The van der Waals surface area contributed by atoms with Gasteiger partial charge in [0.15, 0.2) is 0 Å². The summed E-state index contributed by atoms with van der Waals surface area (Å²) in [5, 5.41) is 13.8. The van der Waals surface area contributed by atoms with Gasteiger partial charge < -0.3 is 5.32 Å². The summed E-state index contributed by atoms with van der Waals surface area (Å²) in [5.41, 5.74) is 0.336. The molecule has 0 radical (unpaired) electrons. The lowest BCUT2D eigenvalue weighted by molar-refractivity contribution is -0.387. The summed E-state index contributed by atoms with van der Waals surface area (Å²) in [6.07, 6.45) is 2.67. The number of nitrogens with zero attached hydrogens (tertiary/aromatic N) is 1. The number of hydrogen-bond acceptors (Lipinski definition) is 3. The van der Waals surface area contributed by atoms with Crippen LogP contribution in [-0.2, 0) is 6.42 Å². The van der Waals surface area contributed by atoms with Crippen LogP contribution in [0.1, 0.15) is 32.3 Å². The Morgan fingerprint density at radius 1 is 1.42 bits per heavy atom. The smallest absolute Gasteiger partial charge is 0.304 e. The lowest BCUT2D eigenvalue weighted by Gasteiger charge is -2.18. The highest BCUT2D eigenvalue weighted by atomic mass is 19.1. The molecule has 1 rings (SSSR count). The van der Waals surface area contributed by atoms with Crippen molar-refractivity contribution in [3.8, 4) is 0 Å². The van der Waals surface area contributed by atoms with E-state index in [4.69, 9.17) is 0 Å². The van der Waals surface area contributed by atoms with Crippen LogP contribution in [0.3, 0.4) is 0 Å². The lowest BCUT2D eigenvalue weighted by Crippen LogP contribution is -2.27. The lowest BCUT2D eigenvalue weighted by atomic mass is 9.97. The first kappa shape index (κ1) is 15.6. The Bertz CT molecular complexity index is 435. The first-order valence-electron chi connectivity index (χ1n) is 6.54. The molecule has 0 aromatic heterocycles. The van der Waals surface area contributed by atoms with E-state index in [1.54, 1.807) is 6.07 Å². The summed E-state index contributed by atoms with van der Waals surface area (Å²) in [4.78, 5) is 9.82. The molecule has 0 bridgehead atoms. The van der Waals surface area contributed by atoms with Crippen molar-refractivity contribution in [2.75, 3.05) is 7.05 Å². The predicted octanol–water partition coefficient (Wildman–Crippen LogP) is 3.30. The first-order valence-corrected chi connectivity index (χ1v) is 6.54. The number of benzene rings is 1. The number of nitro groups is 1. The van der Waals surface area contributed by atoms with E-state index in [0.29, 0.717) is 18.4 Å². The van der Waals surface area contributed by atoms with E-state index in [0.717, 1.165) is 18.4 Å². The summed E-state index contributed by atoms with van der Waals surface area (Å²) < 4.78 is 13.5. The van der Waals surface area contributed by atoms with Crippen LogP contribution in [0.25, 0.3) is 0 Å². The van der Waals surface area contributed by atoms with E-state index < -0.39 is 16.4 Å². The zero-order chi connectivity index (χ0) is 14.4. The largest absolute Gasteiger partial charge is 0.317 e. The van der Waals surface area contributed by atoms with Gasteiger partial charge in [-0.3, -0.25) is 10.1 Å². The summed E-state index contributed by atoms with van der Waals surface area (Å²) in [6.45, 7) is 4.33. The highest BCUT2D eigenvalue weighted by Crippen LogP contribution is 2.19. The second kappa shape index (κ2) is 7.19. The van der Waals surface area contributed by atoms with Crippen LogP contribution in [0, 0.1) is 21.8 Å². The number of nitrogens with one attached hydrogen (secondary N) is 1. The monoisotopic (exact) mass is 268 g/mol. The van der Waals surface area contributed by atoms with Crippen LogP contribution >= 0.6 is 0 Å². The maximum absolute atomic E-state index is 13.5. The second-order valence-corrected chi connectivity index (χ2v) is 5.20. The molecule has 0 aliphatic carbocycles. The Kier molecular flexibility index (Phi) is 5.89. The van der Waals surface area contributed by atoms with Crippen molar-refractivity contribution in [3.05, 3.63) is 39.7 Å². The Morgan fingerprint density at radius 2 is 2.11 bits per heavy atom. The summed E-state index contributed by atoms with van der Waals surface area (Å²) in [7, 11) is 1.92. The van der Waals surface area contributed by atoms with Gasteiger partial charge in [-0.25, -0.2) is 0 Å². The van der Waals surface area contributed by atoms with Crippen molar-refractivity contribution in [1.82, 2.24) is 5.32 Å². The molecule has 1 N–H and O–H groups in total. The third kappa shape index (κ3) is 4.95. The molecule has 0 saturated carbocycles. The van der Waals surface area contributed by atoms with Crippen molar-refractivity contribution >= 4 is 5.69 Å². The standard InChI is InChI=1S/C14H21FN2O2/c1-10(2)8-12(16-3)6-4-11-5-7-14(17(18)19)13(15)9-11/h5,7,9-10,12,16H,4,6,8H2,1-3H3. The fourth-order valence-corrected chi connectivity index (χ4v) is 2.14. The average Bonchev–Trinajstić information content (AvgIpc) is 2.33. The van der Waals surface area contributed by atoms with Crippen LogP contribution in [-0.4, -0.2) is 18.0 Å². The maximum atomic E-state index is 13.5. The zero-order valence-corrected chi connectivity index (χ0v) is 11.6. The van der Waals surface area contributed by atoms with Crippen molar-refractivity contribution in [2.45, 2.75) is 39.2 Å². The van der Waals surface area contributed by atoms with Gasteiger partial charge in [-0.15, -0.1) is 0 Å². The summed E-state index contributed by atoms with van der Waals surface area (Å²) in [5.74, 6) is -0.154. The second-order valence-electron chi connectivity index (χ2n) is 5.20. The van der Waals surface area contributed by atoms with Gasteiger partial charge in [-0.05, 0) is 43.9 Å². The van der Waals surface area contributed by atoms with Gasteiger partial charge in [0.2, 0.25) is 5.82 Å². The minimum absolute atomic E-state index is 0.387. The molecule has 5 heteroatoms. The van der Waals surface area contributed by atoms with Gasteiger partial charge in [0, 0.05) is 12.1 Å². The van der Waals surface area contributed by atoms with Crippen LogP contribution < -0.4 is 5.32 Å². The number of nitro benzene ring substituents is 1. The van der Waals surface area contributed by atoms with E-state index in [2.05, 4.69) is 19.2 Å². The molecule has 106 valence electrons. The van der Waals surface area contributed by atoms with Crippen LogP contribution in [0.2, 0.25) is 0 Å². The third-order valence-electron chi connectivity index (χ3n) is 3.15. The molecule has 4 nitrogen and oxygen atoms in total. The quantitative estimate of drug-likeness (QED) is 0.609. The van der Waals surface area contributed by atoms with Crippen molar-refractivity contribution in [1.29, 1.82) is 0 Å². The van der Waals surface area contributed by atoms with E-state index >= 15 is 0 Å². The van der Waals surface area contributed by atoms with Gasteiger partial charge in [0.25, 0.3) is 0 Å². The van der Waals surface area contributed by atoms with E-state index in [1.807, 2.05) is 7.05 Å². The maximum Gasteiger partial charge on any atom is 0.304 e. The van der Waals surface area contributed by atoms with Gasteiger partial charge >= 0.3 is 5.69 Å². The number of aryl methyl sites for hydroxylation is 1. The molecule has 1 atom stereocenters. The third-order valence-corrected chi connectivity index (χ3v) is 3.15. The minimum Gasteiger partial charge on any atom is -0.317 e. The molecule has 1 unspecified atom stereocenters. The summed E-state index contributed by atoms with van der Waals surface area (Å²) in [6, 6.07) is 4.52. The Labute approximate surface area is 113 Å². The molecule has 0 aliphatic heterocycles. The van der Waals surface area contributed by atoms with Crippen LogP contribution in [0.5, 0.6) is 0 Å². The van der Waals surface area contributed by atoms with Crippen LogP contribution in [0.15, 0.2) is 18.2 Å². The zero-order valence-electron chi connectivity index (χ0n) is 11.6. The molecule has 1 aromatic carbocycles. The van der Waals surface area contributed by atoms with Crippen molar-refractivity contribution in [2.24, 2.45) is 5.92 Å². The molecule has 0 heterocycles. The van der Waals surface area contributed by atoms with Gasteiger partial charge in [0.1, 0.15) is 0 Å². The molecular weight excluding hydrogens is 247 g/mol. The van der Waals surface area contributed by atoms with Crippen LogP contribution in [0.4, 0.5) is 10.1 Å². The molecular formula is C14H21FN2O2. The normalized spacial score (nSPS) is 12.7. The Morgan fingerprint density at radius 3 is 2.58 bits per heavy atom. The number of hydrogen-bond donors (Lipinski definition) is 1. The molecule has 1 aromatic rings. The molecule has 0 fully saturated rings. The fourth-order valence-electron chi connectivity index (χ4n) is 2.14. The molecule has 0 spiro atoms. The van der Waals surface area contributed by atoms with Crippen molar-refractivity contribution < 1.29 is 9.31 Å². The molecule has 0 saturated heterocycles. The molecule has 0 aliphatic rings. The van der Waals surface area contributed by atoms with E-state index in [-0.39, 0.29) is 0 Å². The van der Waals surface area contributed by atoms with Crippen molar-refractivity contribution in [3.63, 3.8) is 0 Å². The van der Waals surface area contributed by atoms with Gasteiger partial charge in [0.05, 0.1) is 4.92 Å². The van der Waals surface area contributed by atoms with Gasteiger partial charge in [-0.2, -0.15) is 4.39 Å². The van der Waals surface area contributed by atoms with E-state index in [9.17, 15) is 14.5 Å².